The summed E-state index contributed by atoms with van der Waals surface area (Å²) in [6, 6.07) is 3.93. The van der Waals surface area contributed by atoms with Gasteiger partial charge in [-0.1, -0.05) is 19.8 Å². The number of rotatable bonds is 4. The Bertz CT molecular complexity index is 392. The summed E-state index contributed by atoms with van der Waals surface area (Å²) in [5, 5.41) is 9.67. The normalized spacial score (nSPS) is 22.1. The fraction of sp³-hybridized carbons (Fsp3) is 0.688. The molecule has 1 aromatic rings. The van der Waals surface area contributed by atoms with Crippen LogP contribution < -0.4 is 4.90 Å². The van der Waals surface area contributed by atoms with Crippen LogP contribution >= 0.6 is 0 Å². The maximum Gasteiger partial charge on any atom is 0.128 e. The van der Waals surface area contributed by atoms with Crippen LogP contribution in [0.3, 0.4) is 0 Å². The first-order valence-electron chi connectivity index (χ1n) is 7.59. The SMILES string of the molecule is CCCC1CCCN(c2cc([C@@H](C)O)ccn2)CC1. The fourth-order valence-electron chi connectivity index (χ4n) is 2.96. The standard InChI is InChI=1S/C16H26N2O/c1-3-5-14-6-4-10-18(11-8-14)16-12-15(13(2)19)7-9-17-16/h7,9,12-14,19H,3-6,8,10-11H2,1-2H3/t13-,14?/m1/s1. The summed E-state index contributed by atoms with van der Waals surface area (Å²) in [6.07, 6.45) is 7.92. The molecule has 2 rings (SSSR count). The van der Waals surface area contributed by atoms with Crippen molar-refractivity contribution in [3.05, 3.63) is 23.9 Å². The molecule has 1 fully saturated rings. The van der Waals surface area contributed by atoms with Crippen molar-refractivity contribution < 1.29 is 5.11 Å². The van der Waals surface area contributed by atoms with Crippen LogP contribution in [0.1, 0.15) is 57.6 Å². The summed E-state index contributed by atoms with van der Waals surface area (Å²) in [5.41, 5.74) is 0.958. The van der Waals surface area contributed by atoms with Crippen molar-refractivity contribution in [2.24, 2.45) is 5.92 Å². The van der Waals surface area contributed by atoms with Gasteiger partial charge in [-0.15, -0.1) is 0 Å². The molecule has 1 N–H and O–H groups in total. The summed E-state index contributed by atoms with van der Waals surface area (Å²) < 4.78 is 0. The van der Waals surface area contributed by atoms with E-state index in [4.69, 9.17) is 0 Å². The van der Waals surface area contributed by atoms with Gasteiger partial charge in [-0.05, 0) is 49.8 Å². The average molecular weight is 262 g/mol. The summed E-state index contributed by atoms with van der Waals surface area (Å²) >= 11 is 0. The van der Waals surface area contributed by atoms with Crippen molar-refractivity contribution in [3.63, 3.8) is 0 Å². The van der Waals surface area contributed by atoms with Crippen LogP contribution in [0.5, 0.6) is 0 Å². The van der Waals surface area contributed by atoms with Gasteiger partial charge < -0.3 is 10.0 Å². The topological polar surface area (TPSA) is 36.4 Å². The molecule has 1 aliphatic rings. The Labute approximate surface area is 116 Å². The fourth-order valence-corrected chi connectivity index (χ4v) is 2.96. The van der Waals surface area contributed by atoms with E-state index in [-0.39, 0.29) is 0 Å². The van der Waals surface area contributed by atoms with Gasteiger partial charge in [0.25, 0.3) is 0 Å². The van der Waals surface area contributed by atoms with Gasteiger partial charge in [-0.25, -0.2) is 4.98 Å². The van der Waals surface area contributed by atoms with Gasteiger partial charge in [0.05, 0.1) is 6.10 Å². The van der Waals surface area contributed by atoms with Crippen LogP contribution in [0.25, 0.3) is 0 Å². The van der Waals surface area contributed by atoms with Crippen molar-refractivity contribution in [1.29, 1.82) is 0 Å². The molecule has 106 valence electrons. The lowest BCUT2D eigenvalue weighted by atomic mass is 9.96. The molecule has 0 aromatic carbocycles. The van der Waals surface area contributed by atoms with Gasteiger partial charge in [0.2, 0.25) is 0 Å². The Hall–Kier alpha value is -1.09. The summed E-state index contributed by atoms with van der Waals surface area (Å²) in [5.74, 6) is 1.91. The Morgan fingerprint density at radius 3 is 3.00 bits per heavy atom. The lowest BCUT2D eigenvalue weighted by molar-refractivity contribution is 0.199. The molecule has 1 aliphatic heterocycles. The van der Waals surface area contributed by atoms with Crippen LogP contribution in [-0.2, 0) is 0 Å². The minimum atomic E-state index is -0.415. The molecule has 0 bridgehead atoms. The number of aliphatic hydroxyl groups excluding tert-OH is 1. The highest BCUT2D eigenvalue weighted by molar-refractivity contribution is 5.41. The number of pyridine rings is 1. The van der Waals surface area contributed by atoms with E-state index < -0.39 is 6.10 Å². The molecule has 1 aromatic heterocycles. The lowest BCUT2D eigenvalue weighted by Crippen LogP contribution is -2.25. The molecule has 1 saturated heterocycles. The van der Waals surface area contributed by atoms with E-state index in [1.165, 1.54) is 32.1 Å². The molecule has 19 heavy (non-hydrogen) atoms. The number of hydrogen-bond donors (Lipinski definition) is 1. The highest BCUT2D eigenvalue weighted by Gasteiger charge is 2.17. The van der Waals surface area contributed by atoms with E-state index >= 15 is 0 Å². The van der Waals surface area contributed by atoms with E-state index in [9.17, 15) is 5.11 Å². The Balaban J connectivity index is 2.03. The Kier molecular flexibility index (Phi) is 5.20. The highest BCUT2D eigenvalue weighted by atomic mass is 16.3. The number of anilines is 1. The molecular weight excluding hydrogens is 236 g/mol. The first kappa shape index (κ1) is 14.3. The molecule has 0 aliphatic carbocycles. The highest BCUT2D eigenvalue weighted by Crippen LogP contribution is 2.25. The molecule has 0 radical (unpaired) electrons. The lowest BCUT2D eigenvalue weighted by Gasteiger charge is -2.22. The first-order chi connectivity index (χ1) is 9.20. The number of aromatic nitrogens is 1. The van der Waals surface area contributed by atoms with Crippen LogP contribution in [0, 0.1) is 5.92 Å². The van der Waals surface area contributed by atoms with Gasteiger partial charge in [0.15, 0.2) is 0 Å². The molecule has 2 heterocycles. The summed E-state index contributed by atoms with van der Waals surface area (Å²) in [7, 11) is 0. The zero-order valence-corrected chi connectivity index (χ0v) is 12.2. The second kappa shape index (κ2) is 6.90. The number of aliphatic hydroxyl groups is 1. The van der Waals surface area contributed by atoms with Crippen molar-refractivity contribution in [3.8, 4) is 0 Å². The maximum atomic E-state index is 9.67. The Morgan fingerprint density at radius 1 is 1.42 bits per heavy atom. The zero-order valence-electron chi connectivity index (χ0n) is 12.2. The van der Waals surface area contributed by atoms with Gasteiger partial charge >= 0.3 is 0 Å². The predicted molar refractivity (Wildman–Crippen MR) is 79.3 cm³/mol. The van der Waals surface area contributed by atoms with Gasteiger partial charge in [0, 0.05) is 19.3 Å². The molecule has 0 saturated carbocycles. The van der Waals surface area contributed by atoms with Crippen molar-refractivity contribution in [2.75, 3.05) is 18.0 Å². The van der Waals surface area contributed by atoms with Crippen molar-refractivity contribution >= 4 is 5.82 Å². The van der Waals surface area contributed by atoms with E-state index in [0.29, 0.717) is 0 Å². The maximum absolute atomic E-state index is 9.67. The minimum absolute atomic E-state index is 0.415. The van der Waals surface area contributed by atoms with Crippen LogP contribution in [0.15, 0.2) is 18.3 Å². The largest absolute Gasteiger partial charge is 0.389 e. The molecular formula is C16H26N2O. The molecule has 0 spiro atoms. The predicted octanol–water partition coefficient (Wildman–Crippen LogP) is 3.54. The van der Waals surface area contributed by atoms with Crippen LogP contribution in [-0.4, -0.2) is 23.2 Å². The van der Waals surface area contributed by atoms with Crippen molar-refractivity contribution in [2.45, 2.75) is 52.1 Å². The zero-order chi connectivity index (χ0) is 13.7. The molecule has 0 amide bonds. The molecule has 3 heteroatoms. The monoisotopic (exact) mass is 262 g/mol. The number of nitrogens with zero attached hydrogens (tertiary/aromatic N) is 2. The second-order valence-corrected chi connectivity index (χ2v) is 5.70. The third kappa shape index (κ3) is 3.93. The minimum Gasteiger partial charge on any atom is -0.389 e. The van der Waals surface area contributed by atoms with E-state index in [0.717, 1.165) is 30.4 Å². The molecule has 2 atom stereocenters. The Morgan fingerprint density at radius 2 is 2.26 bits per heavy atom. The third-order valence-corrected chi connectivity index (χ3v) is 4.12. The van der Waals surface area contributed by atoms with Crippen LogP contribution in [0.2, 0.25) is 0 Å². The van der Waals surface area contributed by atoms with E-state index in [1.807, 2.05) is 18.3 Å². The van der Waals surface area contributed by atoms with Crippen LogP contribution in [0.4, 0.5) is 5.82 Å². The second-order valence-electron chi connectivity index (χ2n) is 5.70. The van der Waals surface area contributed by atoms with E-state index in [1.54, 1.807) is 6.92 Å². The summed E-state index contributed by atoms with van der Waals surface area (Å²) in [6.45, 7) is 6.27. The van der Waals surface area contributed by atoms with Gasteiger partial charge in [-0.2, -0.15) is 0 Å². The first-order valence-corrected chi connectivity index (χ1v) is 7.59. The van der Waals surface area contributed by atoms with Gasteiger partial charge in [-0.3, -0.25) is 0 Å². The van der Waals surface area contributed by atoms with Crippen molar-refractivity contribution in [1.82, 2.24) is 4.98 Å². The molecule has 1 unspecified atom stereocenters. The summed E-state index contributed by atoms with van der Waals surface area (Å²) in [4.78, 5) is 6.85. The number of hydrogen-bond acceptors (Lipinski definition) is 3. The molecule has 3 nitrogen and oxygen atoms in total. The van der Waals surface area contributed by atoms with E-state index in [2.05, 4.69) is 16.8 Å². The quantitative estimate of drug-likeness (QED) is 0.901. The average Bonchev–Trinajstić information content (AvgIpc) is 2.65. The third-order valence-electron chi connectivity index (χ3n) is 4.12. The smallest absolute Gasteiger partial charge is 0.128 e. The van der Waals surface area contributed by atoms with Gasteiger partial charge in [0.1, 0.15) is 5.82 Å².